The van der Waals surface area contributed by atoms with Crippen molar-refractivity contribution in [2.75, 3.05) is 0 Å². The monoisotopic (exact) mass is 587 g/mol. The van der Waals surface area contributed by atoms with E-state index in [1.165, 1.54) is 17.6 Å². The van der Waals surface area contributed by atoms with E-state index in [0.29, 0.717) is 27.3 Å². The van der Waals surface area contributed by atoms with Gasteiger partial charge in [-0.2, -0.15) is 5.10 Å². The third kappa shape index (κ3) is 7.20. The molecule has 0 aliphatic rings. The van der Waals surface area contributed by atoms with Crippen molar-refractivity contribution in [3.63, 3.8) is 0 Å². The Kier molecular flexibility index (Phi) is 8.77. The lowest BCUT2D eigenvalue weighted by atomic mass is 10.2. The first-order chi connectivity index (χ1) is 19.9. The number of aryl methyl sites for hydroxylation is 2. The number of aromatic nitrogens is 1. The number of carbonyl (C=O) groups is 1. The summed E-state index contributed by atoms with van der Waals surface area (Å²) < 4.78 is 19.5. The number of amides is 1. The second-order valence-electron chi connectivity index (χ2n) is 9.30. The smallest absolute Gasteiger partial charge is 0.307 e. The van der Waals surface area contributed by atoms with Crippen molar-refractivity contribution in [3.8, 4) is 17.2 Å². The topological polar surface area (TPSA) is 78.0 Å². The normalized spacial score (nSPS) is 11.1. The maximum absolute atomic E-state index is 12.5. The number of nitrogens with zero attached hydrogens (tertiary/aromatic N) is 2. The van der Waals surface area contributed by atoms with Crippen LogP contribution in [0.5, 0.6) is 11.5 Å². The standard InChI is InChI=1S/C32H27Cl2N3O4/c1-21-6-7-22(2)37(21)26-10-12-27(13-11-26)40-20-29-14-15-31(41-29)32(38)36-35-18-23-4-3-5-28(16-23)39-19-24-8-9-25(33)17-30(24)34/h3-18H,19-20H2,1-2H3,(H,36,38)/b35-18+. The molecule has 0 aliphatic heterocycles. The number of rotatable bonds is 10. The van der Waals surface area contributed by atoms with Gasteiger partial charge in [-0.1, -0.05) is 41.4 Å². The number of hydrogen-bond donors (Lipinski definition) is 1. The van der Waals surface area contributed by atoms with E-state index in [1.807, 2.05) is 48.5 Å². The molecule has 2 aromatic heterocycles. The highest BCUT2D eigenvalue weighted by molar-refractivity contribution is 6.35. The highest BCUT2D eigenvalue weighted by atomic mass is 35.5. The average molecular weight is 588 g/mol. The molecule has 9 heteroatoms. The Morgan fingerprint density at radius 2 is 1.63 bits per heavy atom. The quantitative estimate of drug-likeness (QED) is 0.133. The van der Waals surface area contributed by atoms with Crippen molar-refractivity contribution in [1.82, 2.24) is 9.99 Å². The van der Waals surface area contributed by atoms with E-state index in [4.69, 9.17) is 37.1 Å². The zero-order valence-electron chi connectivity index (χ0n) is 22.4. The van der Waals surface area contributed by atoms with Crippen LogP contribution in [0.3, 0.4) is 0 Å². The number of ether oxygens (including phenoxy) is 2. The van der Waals surface area contributed by atoms with Gasteiger partial charge in [0, 0.05) is 32.7 Å². The van der Waals surface area contributed by atoms with Gasteiger partial charge in [0.2, 0.25) is 0 Å². The van der Waals surface area contributed by atoms with Crippen LogP contribution in [0.2, 0.25) is 10.0 Å². The van der Waals surface area contributed by atoms with E-state index in [-0.39, 0.29) is 19.0 Å². The third-order valence-electron chi connectivity index (χ3n) is 6.28. The van der Waals surface area contributed by atoms with Gasteiger partial charge in [-0.3, -0.25) is 4.79 Å². The second-order valence-corrected chi connectivity index (χ2v) is 10.1. The van der Waals surface area contributed by atoms with Gasteiger partial charge in [-0.05, 0) is 92.2 Å². The summed E-state index contributed by atoms with van der Waals surface area (Å²) in [5.41, 5.74) is 7.44. The number of benzene rings is 3. The van der Waals surface area contributed by atoms with Gasteiger partial charge in [-0.25, -0.2) is 5.43 Å². The molecular weight excluding hydrogens is 561 g/mol. The molecule has 1 N–H and O–H groups in total. The summed E-state index contributed by atoms with van der Waals surface area (Å²) in [4.78, 5) is 12.5. The maximum atomic E-state index is 12.5. The number of hydrogen-bond acceptors (Lipinski definition) is 5. The van der Waals surface area contributed by atoms with Crippen molar-refractivity contribution in [2.24, 2.45) is 5.10 Å². The molecule has 0 unspecified atom stereocenters. The van der Waals surface area contributed by atoms with Crippen molar-refractivity contribution < 1.29 is 18.7 Å². The summed E-state index contributed by atoms with van der Waals surface area (Å²) in [5.74, 6) is 1.51. The molecule has 41 heavy (non-hydrogen) atoms. The van der Waals surface area contributed by atoms with E-state index in [2.05, 4.69) is 41.1 Å². The zero-order valence-corrected chi connectivity index (χ0v) is 23.9. The van der Waals surface area contributed by atoms with Gasteiger partial charge < -0.3 is 18.5 Å². The second kappa shape index (κ2) is 12.8. The summed E-state index contributed by atoms with van der Waals surface area (Å²) in [5, 5.41) is 5.14. The van der Waals surface area contributed by atoms with Gasteiger partial charge in [0.05, 0.1) is 6.21 Å². The Bertz CT molecular complexity index is 1670. The van der Waals surface area contributed by atoms with Crippen molar-refractivity contribution in [1.29, 1.82) is 0 Å². The minimum atomic E-state index is -0.473. The SMILES string of the molecule is Cc1ccc(C)n1-c1ccc(OCc2ccc(C(=O)N/N=C/c3cccc(OCc4ccc(Cl)cc4Cl)c3)o2)cc1. The fourth-order valence-corrected chi connectivity index (χ4v) is 4.67. The molecule has 0 spiro atoms. The highest BCUT2D eigenvalue weighted by Gasteiger charge is 2.11. The molecule has 0 aliphatic carbocycles. The van der Waals surface area contributed by atoms with Crippen LogP contribution in [0.4, 0.5) is 0 Å². The summed E-state index contributed by atoms with van der Waals surface area (Å²) in [6.45, 7) is 4.62. The number of furan rings is 1. The number of carbonyl (C=O) groups excluding carboxylic acids is 1. The van der Waals surface area contributed by atoms with Crippen LogP contribution in [-0.4, -0.2) is 16.7 Å². The minimum Gasteiger partial charge on any atom is -0.489 e. The zero-order chi connectivity index (χ0) is 28.8. The van der Waals surface area contributed by atoms with Crippen LogP contribution in [0.25, 0.3) is 5.69 Å². The largest absolute Gasteiger partial charge is 0.489 e. The molecule has 0 saturated carbocycles. The molecule has 208 valence electrons. The molecule has 2 heterocycles. The number of nitrogens with one attached hydrogen (secondary N) is 1. The summed E-state index contributed by atoms with van der Waals surface area (Å²) in [6.07, 6.45) is 1.52. The van der Waals surface area contributed by atoms with E-state index >= 15 is 0 Å². The molecule has 7 nitrogen and oxygen atoms in total. The average Bonchev–Trinajstić information content (AvgIpc) is 3.58. The summed E-state index contributed by atoms with van der Waals surface area (Å²) in [7, 11) is 0. The highest BCUT2D eigenvalue weighted by Crippen LogP contribution is 2.23. The van der Waals surface area contributed by atoms with Crippen LogP contribution in [0, 0.1) is 13.8 Å². The van der Waals surface area contributed by atoms with Gasteiger partial charge in [0.15, 0.2) is 5.76 Å². The van der Waals surface area contributed by atoms with Crippen LogP contribution >= 0.6 is 23.2 Å². The van der Waals surface area contributed by atoms with Gasteiger partial charge in [0.25, 0.3) is 0 Å². The van der Waals surface area contributed by atoms with Gasteiger partial charge in [0.1, 0.15) is 30.5 Å². The molecule has 3 aromatic carbocycles. The number of halogens is 2. The fraction of sp³-hybridized carbons (Fsp3) is 0.125. The van der Waals surface area contributed by atoms with Crippen molar-refractivity contribution in [2.45, 2.75) is 27.1 Å². The molecule has 5 aromatic rings. The first-order valence-electron chi connectivity index (χ1n) is 12.8. The maximum Gasteiger partial charge on any atom is 0.307 e. The van der Waals surface area contributed by atoms with Gasteiger partial charge in [-0.15, -0.1) is 0 Å². The Labute approximate surface area is 247 Å². The number of hydrazone groups is 1. The Morgan fingerprint density at radius 3 is 2.39 bits per heavy atom. The van der Waals surface area contributed by atoms with E-state index in [1.54, 1.807) is 30.3 Å². The third-order valence-corrected chi connectivity index (χ3v) is 6.87. The van der Waals surface area contributed by atoms with Crippen molar-refractivity contribution >= 4 is 35.3 Å². The lowest BCUT2D eigenvalue weighted by molar-refractivity contribution is 0.0923. The van der Waals surface area contributed by atoms with Crippen molar-refractivity contribution in [3.05, 3.63) is 135 Å². The first kappa shape index (κ1) is 28.1. The lowest BCUT2D eigenvalue weighted by Crippen LogP contribution is -2.16. The molecule has 0 atom stereocenters. The molecular formula is C32H27Cl2N3O4. The predicted molar refractivity (Wildman–Crippen MR) is 161 cm³/mol. The molecule has 0 fully saturated rings. The lowest BCUT2D eigenvalue weighted by Gasteiger charge is -2.10. The van der Waals surface area contributed by atoms with Crippen LogP contribution in [-0.2, 0) is 13.2 Å². The van der Waals surface area contributed by atoms with Crippen LogP contribution < -0.4 is 14.9 Å². The Hall–Kier alpha value is -4.46. The van der Waals surface area contributed by atoms with Crippen LogP contribution in [0.15, 0.2) is 101 Å². The molecule has 5 rings (SSSR count). The van der Waals surface area contributed by atoms with Gasteiger partial charge >= 0.3 is 5.91 Å². The molecule has 0 saturated heterocycles. The van der Waals surface area contributed by atoms with E-state index in [0.717, 1.165) is 16.8 Å². The predicted octanol–water partition coefficient (Wildman–Crippen LogP) is 7.92. The van der Waals surface area contributed by atoms with E-state index < -0.39 is 5.91 Å². The molecule has 1 amide bonds. The minimum absolute atomic E-state index is 0.131. The van der Waals surface area contributed by atoms with E-state index in [9.17, 15) is 4.79 Å². The fourth-order valence-electron chi connectivity index (χ4n) is 4.20. The Balaban J connectivity index is 1.11. The summed E-state index contributed by atoms with van der Waals surface area (Å²) >= 11 is 12.2. The Morgan fingerprint density at radius 1 is 0.878 bits per heavy atom. The molecule has 0 radical (unpaired) electrons. The molecule has 0 bridgehead atoms. The first-order valence-corrected chi connectivity index (χ1v) is 13.6. The van der Waals surface area contributed by atoms with Crippen LogP contribution in [0.1, 0.15) is 38.8 Å². The summed E-state index contributed by atoms with van der Waals surface area (Å²) in [6, 6.07) is 27.8.